The third-order valence-corrected chi connectivity index (χ3v) is 4.07. The zero-order chi connectivity index (χ0) is 16.9. The van der Waals surface area contributed by atoms with Crippen LogP contribution in [0.5, 0.6) is 0 Å². The molecule has 0 fully saturated rings. The largest absolute Gasteiger partial charge is 0.350 e. The Balaban J connectivity index is 1.76. The molecule has 0 unspecified atom stereocenters. The maximum Gasteiger partial charge on any atom is 0.225 e. The zero-order valence-corrected chi connectivity index (χ0v) is 15.1. The van der Waals surface area contributed by atoms with Crippen molar-refractivity contribution in [2.45, 2.75) is 20.4 Å². The van der Waals surface area contributed by atoms with Gasteiger partial charge in [0.15, 0.2) is 0 Å². The highest BCUT2D eigenvalue weighted by Gasteiger charge is 2.05. The monoisotopic (exact) mass is 383 g/mol. The molecule has 0 atom stereocenters. The predicted molar refractivity (Wildman–Crippen MR) is 100 cm³/mol. The van der Waals surface area contributed by atoms with E-state index in [1.54, 1.807) is 6.20 Å². The molecule has 0 aliphatic rings. The van der Waals surface area contributed by atoms with Gasteiger partial charge < -0.3 is 10.6 Å². The number of halogens is 1. The van der Waals surface area contributed by atoms with Gasteiger partial charge in [-0.25, -0.2) is 4.98 Å². The molecule has 0 bridgehead atoms. The van der Waals surface area contributed by atoms with E-state index in [9.17, 15) is 0 Å². The van der Waals surface area contributed by atoms with Crippen molar-refractivity contribution in [2.75, 3.05) is 10.6 Å². The topological polar surface area (TPSA) is 62.7 Å². The minimum atomic E-state index is 0.588. The number of nitrogens with one attached hydrogen (secondary N) is 2. The van der Waals surface area contributed by atoms with Gasteiger partial charge in [-0.1, -0.05) is 12.1 Å². The predicted octanol–water partition coefficient (Wildman–Crippen LogP) is 4.61. The van der Waals surface area contributed by atoms with E-state index in [4.69, 9.17) is 0 Å². The first kappa shape index (κ1) is 16.4. The molecular formula is C18H18BrN5. The summed E-state index contributed by atoms with van der Waals surface area (Å²) in [7, 11) is 0. The van der Waals surface area contributed by atoms with E-state index in [0.29, 0.717) is 12.5 Å². The second kappa shape index (κ2) is 7.40. The molecule has 122 valence electrons. The number of aryl methyl sites for hydroxylation is 2. The van der Waals surface area contributed by atoms with Crippen LogP contribution in [0.4, 0.5) is 17.5 Å². The Morgan fingerprint density at radius 1 is 1.08 bits per heavy atom. The number of hydrogen-bond acceptors (Lipinski definition) is 5. The zero-order valence-electron chi connectivity index (χ0n) is 13.5. The molecule has 0 amide bonds. The van der Waals surface area contributed by atoms with E-state index in [2.05, 4.69) is 60.6 Å². The summed E-state index contributed by atoms with van der Waals surface area (Å²) in [5, 5.41) is 6.57. The molecule has 24 heavy (non-hydrogen) atoms. The minimum Gasteiger partial charge on any atom is -0.350 e. The first-order valence-corrected chi connectivity index (χ1v) is 8.41. The fraction of sp³-hybridized carbons (Fsp3) is 0.167. The highest BCUT2D eigenvalue weighted by molar-refractivity contribution is 9.10. The first-order valence-electron chi connectivity index (χ1n) is 7.62. The Hall–Kier alpha value is -2.47. The van der Waals surface area contributed by atoms with E-state index in [0.717, 1.165) is 27.2 Å². The van der Waals surface area contributed by atoms with Gasteiger partial charge in [0.1, 0.15) is 5.82 Å². The molecule has 0 aliphatic carbocycles. The van der Waals surface area contributed by atoms with Crippen LogP contribution < -0.4 is 10.6 Å². The molecule has 2 heterocycles. The lowest BCUT2D eigenvalue weighted by molar-refractivity contribution is 1.02. The Bertz CT molecular complexity index is 836. The summed E-state index contributed by atoms with van der Waals surface area (Å²) >= 11 is 3.57. The van der Waals surface area contributed by atoms with Gasteiger partial charge >= 0.3 is 0 Å². The van der Waals surface area contributed by atoms with Crippen molar-refractivity contribution >= 4 is 33.4 Å². The van der Waals surface area contributed by atoms with Crippen molar-refractivity contribution in [3.05, 3.63) is 70.1 Å². The number of rotatable bonds is 5. The lowest BCUT2D eigenvalue weighted by Crippen LogP contribution is -2.06. The van der Waals surface area contributed by atoms with Crippen LogP contribution in [-0.2, 0) is 6.54 Å². The molecule has 0 saturated heterocycles. The molecule has 3 rings (SSSR count). The van der Waals surface area contributed by atoms with Gasteiger partial charge in [-0.2, -0.15) is 4.98 Å². The van der Waals surface area contributed by atoms with Gasteiger partial charge in [0.05, 0.1) is 5.69 Å². The van der Waals surface area contributed by atoms with Crippen LogP contribution in [-0.4, -0.2) is 15.0 Å². The van der Waals surface area contributed by atoms with Crippen molar-refractivity contribution in [1.82, 2.24) is 15.0 Å². The fourth-order valence-corrected chi connectivity index (χ4v) is 2.85. The van der Waals surface area contributed by atoms with E-state index in [-0.39, 0.29) is 0 Å². The number of aromatic nitrogens is 3. The van der Waals surface area contributed by atoms with E-state index < -0.39 is 0 Å². The SMILES string of the molecule is Cc1ccc(Nc2cc(C)nc(NCc3cccnc3)n2)c(Br)c1. The maximum absolute atomic E-state index is 4.53. The van der Waals surface area contributed by atoms with Gasteiger partial charge in [0, 0.05) is 35.2 Å². The van der Waals surface area contributed by atoms with Crippen LogP contribution in [0.15, 0.2) is 53.3 Å². The smallest absolute Gasteiger partial charge is 0.225 e. The Morgan fingerprint density at radius 3 is 2.71 bits per heavy atom. The van der Waals surface area contributed by atoms with E-state index in [1.807, 2.05) is 37.4 Å². The van der Waals surface area contributed by atoms with E-state index >= 15 is 0 Å². The van der Waals surface area contributed by atoms with Crippen molar-refractivity contribution < 1.29 is 0 Å². The summed E-state index contributed by atoms with van der Waals surface area (Å²) in [6.45, 7) is 4.64. The van der Waals surface area contributed by atoms with Gasteiger partial charge in [0.25, 0.3) is 0 Å². The number of anilines is 3. The summed E-state index contributed by atoms with van der Waals surface area (Å²) in [5.41, 5.74) is 4.14. The molecule has 2 aromatic heterocycles. The van der Waals surface area contributed by atoms with Crippen LogP contribution in [0.1, 0.15) is 16.8 Å². The second-order valence-electron chi connectivity index (χ2n) is 5.54. The molecule has 5 nitrogen and oxygen atoms in total. The molecule has 0 aliphatic heterocycles. The molecule has 0 radical (unpaired) electrons. The van der Waals surface area contributed by atoms with Crippen molar-refractivity contribution in [2.24, 2.45) is 0 Å². The Morgan fingerprint density at radius 2 is 1.96 bits per heavy atom. The molecule has 3 aromatic rings. The van der Waals surface area contributed by atoms with Crippen LogP contribution in [0.2, 0.25) is 0 Å². The van der Waals surface area contributed by atoms with Crippen LogP contribution >= 0.6 is 15.9 Å². The highest BCUT2D eigenvalue weighted by atomic mass is 79.9. The number of hydrogen-bond donors (Lipinski definition) is 2. The van der Waals surface area contributed by atoms with Crippen molar-refractivity contribution in [3.63, 3.8) is 0 Å². The summed E-state index contributed by atoms with van der Waals surface area (Å²) < 4.78 is 1.00. The standard InChI is InChI=1S/C18H18BrN5/c1-12-5-6-16(15(19)8-12)23-17-9-13(2)22-18(24-17)21-11-14-4-3-7-20-10-14/h3-10H,11H2,1-2H3,(H2,21,22,23,24). The summed E-state index contributed by atoms with van der Waals surface area (Å²) in [6, 6.07) is 12.0. The normalized spacial score (nSPS) is 10.5. The van der Waals surface area contributed by atoms with Crippen LogP contribution in [0, 0.1) is 13.8 Å². The Labute approximate surface area is 149 Å². The average Bonchev–Trinajstić information content (AvgIpc) is 2.56. The highest BCUT2D eigenvalue weighted by Crippen LogP contribution is 2.26. The quantitative estimate of drug-likeness (QED) is 0.673. The number of benzene rings is 1. The maximum atomic E-state index is 4.53. The summed E-state index contributed by atoms with van der Waals surface area (Å²) in [4.78, 5) is 13.1. The molecule has 1 aromatic carbocycles. The molecular weight excluding hydrogens is 366 g/mol. The third-order valence-electron chi connectivity index (χ3n) is 3.41. The molecule has 2 N–H and O–H groups in total. The second-order valence-corrected chi connectivity index (χ2v) is 6.40. The summed E-state index contributed by atoms with van der Waals surface area (Å²) in [6.07, 6.45) is 3.58. The van der Waals surface area contributed by atoms with E-state index in [1.165, 1.54) is 5.56 Å². The first-order chi connectivity index (χ1) is 11.6. The number of pyridine rings is 1. The average molecular weight is 384 g/mol. The third kappa shape index (κ3) is 4.29. The van der Waals surface area contributed by atoms with Crippen LogP contribution in [0.3, 0.4) is 0 Å². The van der Waals surface area contributed by atoms with Crippen LogP contribution in [0.25, 0.3) is 0 Å². The van der Waals surface area contributed by atoms with Crippen molar-refractivity contribution in [3.8, 4) is 0 Å². The Kier molecular flexibility index (Phi) is 5.05. The molecule has 6 heteroatoms. The molecule has 0 saturated carbocycles. The summed E-state index contributed by atoms with van der Waals surface area (Å²) in [5.74, 6) is 1.34. The van der Waals surface area contributed by atoms with Crippen molar-refractivity contribution in [1.29, 1.82) is 0 Å². The minimum absolute atomic E-state index is 0.588. The van der Waals surface area contributed by atoms with Gasteiger partial charge in [-0.3, -0.25) is 4.98 Å². The fourth-order valence-electron chi connectivity index (χ4n) is 2.25. The molecule has 0 spiro atoms. The van der Waals surface area contributed by atoms with Gasteiger partial charge in [-0.05, 0) is 59.1 Å². The number of nitrogens with zero attached hydrogens (tertiary/aromatic N) is 3. The lowest BCUT2D eigenvalue weighted by atomic mass is 10.2. The van der Waals surface area contributed by atoms with Gasteiger partial charge in [0.2, 0.25) is 5.95 Å². The lowest BCUT2D eigenvalue weighted by Gasteiger charge is -2.11. The van der Waals surface area contributed by atoms with Gasteiger partial charge in [-0.15, -0.1) is 0 Å².